The molecule has 1 unspecified atom stereocenters. The van der Waals surface area contributed by atoms with E-state index in [1.807, 2.05) is 18.2 Å². The van der Waals surface area contributed by atoms with E-state index in [0.717, 1.165) is 16.8 Å². The van der Waals surface area contributed by atoms with E-state index in [9.17, 15) is 0 Å². The van der Waals surface area contributed by atoms with Crippen LogP contribution in [0.2, 0.25) is 18.1 Å². The number of imidazole rings is 1. The standard InChI is InChI=1S/C16H27N3O2Si/c1-16(2,3)22(4,5)21-13(9-17)10-20-12-6-7-14-15(8-12)19-11-18-14/h6-8,11,13H,9-10,17H2,1-5H3,(H,18,19). The molecule has 6 heteroatoms. The number of ether oxygens (including phenoxy) is 1. The highest BCUT2D eigenvalue weighted by Gasteiger charge is 2.39. The second kappa shape index (κ2) is 6.40. The van der Waals surface area contributed by atoms with Gasteiger partial charge in [0.25, 0.3) is 0 Å². The van der Waals surface area contributed by atoms with Crippen molar-refractivity contribution in [1.29, 1.82) is 0 Å². The topological polar surface area (TPSA) is 73.2 Å². The summed E-state index contributed by atoms with van der Waals surface area (Å²) in [5, 5.41) is 0.161. The van der Waals surface area contributed by atoms with Gasteiger partial charge in [-0.2, -0.15) is 0 Å². The fourth-order valence-electron chi connectivity index (χ4n) is 1.93. The first-order chi connectivity index (χ1) is 10.2. The SMILES string of the molecule is CC(C)(C)[Si](C)(C)OC(CN)COc1ccc2[nH]cnc2c1. The van der Waals surface area contributed by atoms with Gasteiger partial charge in [0.2, 0.25) is 0 Å². The van der Waals surface area contributed by atoms with E-state index in [0.29, 0.717) is 13.2 Å². The van der Waals surface area contributed by atoms with Crippen LogP contribution in [0, 0.1) is 0 Å². The minimum absolute atomic E-state index is 0.0872. The number of benzene rings is 1. The van der Waals surface area contributed by atoms with Crippen LogP contribution in [-0.4, -0.2) is 37.5 Å². The third kappa shape index (κ3) is 3.88. The number of aromatic nitrogens is 2. The van der Waals surface area contributed by atoms with Crippen LogP contribution in [0.4, 0.5) is 0 Å². The van der Waals surface area contributed by atoms with Crippen LogP contribution in [0.3, 0.4) is 0 Å². The molecule has 1 atom stereocenters. The van der Waals surface area contributed by atoms with Crippen molar-refractivity contribution in [3.05, 3.63) is 24.5 Å². The molecule has 0 saturated carbocycles. The fraction of sp³-hybridized carbons (Fsp3) is 0.562. The van der Waals surface area contributed by atoms with Gasteiger partial charge >= 0.3 is 0 Å². The van der Waals surface area contributed by atoms with Gasteiger partial charge in [-0.15, -0.1) is 0 Å². The van der Waals surface area contributed by atoms with Gasteiger partial charge < -0.3 is 19.9 Å². The molecule has 3 N–H and O–H groups in total. The monoisotopic (exact) mass is 321 g/mol. The van der Waals surface area contributed by atoms with Gasteiger partial charge in [0.1, 0.15) is 12.4 Å². The van der Waals surface area contributed by atoms with Crippen molar-refractivity contribution in [3.63, 3.8) is 0 Å². The Kier molecular flexibility index (Phi) is 4.94. The molecule has 22 heavy (non-hydrogen) atoms. The smallest absolute Gasteiger partial charge is 0.192 e. The van der Waals surface area contributed by atoms with Crippen molar-refractivity contribution in [3.8, 4) is 5.75 Å². The molecule has 0 bridgehead atoms. The van der Waals surface area contributed by atoms with Crippen LogP contribution in [0.25, 0.3) is 11.0 Å². The first kappa shape index (κ1) is 17.0. The first-order valence-corrected chi connectivity index (χ1v) is 10.6. The third-order valence-electron chi connectivity index (χ3n) is 4.36. The molecule has 0 spiro atoms. The molecule has 1 heterocycles. The lowest BCUT2D eigenvalue weighted by molar-refractivity contribution is 0.121. The number of fused-ring (bicyclic) bond motifs is 1. The molecule has 2 aromatic rings. The largest absolute Gasteiger partial charge is 0.491 e. The van der Waals surface area contributed by atoms with Gasteiger partial charge in [0.15, 0.2) is 8.32 Å². The van der Waals surface area contributed by atoms with Crippen LogP contribution < -0.4 is 10.5 Å². The van der Waals surface area contributed by atoms with Crippen LogP contribution in [-0.2, 0) is 4.43 Å². The van der Waals surface area contributed by atoms with Gasteiger partial charge in [-0.25, -0.2) is 4.98 Å². The van der Waals surface area contributed by atoms with Crippen molar-refractivity contribution in [2.75, 3.05) is 13.2 Å². The van der Waals surface area contributed by atoms with E-state index in [1.54, 1.807) is 6.33 Å². The maximum absolute atomic E-state index is 6.31. The molecular weight excluding hydrogens is 294 g/mol. The fourth-order valence-corrected chi connectivity index (χ4v) is 3.29. The molecule has 1 aromatic carbocycles. The number of nitrogens with one attached hydrogen (secondary N) is 1. The third-order valence-corrected chi connectivity index (χ3v) is 8.89. The Morgan fingerprint density at radius 2 is 2.05 bits per heavy atom. The van der Waals surface area contributed by atoms with Gasteiger partial charge in [-0.3, -0.25) is 0 Å². The maximum Gasteiger partial charge on any atom is 0.192 e. The zero-order valence-electron chi connectivity index (χ0n) is 14.1. The van der Waals surface area contributed by atoms with Gasteiger partial charge in [0.05, 0.1) is 23.5 Å². The number of hydrogen-bond donors (Lipinski definition) is 2. The van der Waals surface area contributed by atoms with Crippen molar-refractivity contribution in [1.82, 2.24) is 9.97 Å². The number of nitrogens with zero attached hydrogens (tertiary/aromatic N) is 1. The van der Waals surface area contributed by atoms with Crippen LogP contribution in [0.5, 0.6) is 5.75 Å². The normalized spacial score (nSPS) is 14.3. The lowest BCUT2D eigenvalue weighted by Crippen LogP contribution is -2.47. The number of nitrogens with two attached hydrogens (primary N) is 1. The summed E-state index contributed by atoms with van der Waals surface area (Å²) in [6, 6.07) is 5.82. The molecule has 0 aliphatic heterocycles. The van der Waals surface area contributed by atoms with Crippen molar-refractivity contribution in [2.24, 2.45) is 5.73 Å². The predicted octanol–water partition coefficient (Wildman–Crippen LogP) is 3.29. The van der Waals surface area contributed by atoms with Crippen LogP contribution >= 0.6 is 0 Å². The molecule has 5 nitrogen and oxygen atoms in total. The average Bonchev–Trinajstić information content (AvgIpc) is 2.89. The van der Waals surface area contributed by atoms with Crippen molar-refractivity contribution in [2.45, 2.75) is 45.0 Å². The Morgan fingerprint density at radius 3 is 2.68 bits per heavy atom. The van der Waals surface area contributed by atoms with Crippen molar-refractivity contribution < 1.29 is 9.16 Å². The van der Waals surface area contributed by atoms with Gasteiger partial charge in [0, 0.05) is 12.6 Å². The molecule has 0 saturated heterocycles. The maximum atomic E-state index is 6.31. The zero-order chi connectivity index (χ0) is 16.4. The van der Waals surface area contributed by atoms with Gasteiger partial charge in [-0.1, -0.05) is 20.8 Å². The Balaban J connectivity index is 1.98. The molecule has 122 valence electrons. The Bertz CT molecular complexity index is 619. The second-order valence-electron chi connectivity index (χ2n) is 7.13. The van der Waals surface area contributed by atoms with Crippen LogP contribution in [0.15, 0.2) is 24.5 Å². The lowest BCUT2D eigenvalue weighted by atomic mass is 10.2. The van der Waals surface area contributed by atoms with E-state index in [-0.39, 0.29) is 11.1 Å². The number of rotatable bonds is 6. The molecule has 2 rings (SSSR count). The lowest BCUT2D eigenvalue weighted by Gasteiger charge is -2.38. The summed E-state index contributed by atoms with van der Waals surface area (Å²) in [5.74, 6) is 0.789. The Morgan fingerprint density at radius 1 is 1.32 bits per heavy atom. The zero-order valence-corrected chi connectivity index (χ0v) is 15.1. The molecule has 1 aromatic heterocycles. The highest BCUT2D eigenvalue weighted by Crippen LogP contribution is 2.37. The molecule has 0 amide bonds. The molecule has 0 aliphatic rings. The second-order valence-corrected chi connectivity index (χ2v) is 11.9. The van der Waals surface area contributed by atoms with E-state index < -0.39 is 8.32 Å². The summed E-state index contributed by atoms with van der Waals surface area (Å²) in [6.45, 7) is 12.0. The molecule has 0 fully saturated rings. The molecule has 0 aliphatic carbocycles. The van der Waals surface area contributed by atoms with E-state index in [1.165, 1.54) is 0 Å². The number of aromatic amines is 1. The summed E-state index contributed by atoms with van der Waals surface area (Å²) < 4.78 is 12.2. The van der Waals surface area contributed by atoms with E-state index in [2.05, 4.69) is 43.8 Å². The first-order valence-electron chi connectivity index (χ1n) is 7.67. The van der Waals surface area contributed by atoms with Crippen molar-refractivity contribution >= 4 is 19.4 Å². The number of H-pyrrole nitrogens is 1. The minimum Gasteiger partial charge on any atom is -0.491 e. The number of hydrogen-bond acceptors (Lipinski definition) is 4. The summed E-state index contributed by atoms with van der Waals surface area (Å²) in [7, 11) is -1.84. The summed E-state index contributed by atoms with van der Waals surface area (Å²) in [5.41, 5.74) is 7.76. The van der Waals surface area contributed by atoms with Crippen LogP contribution in [0.1, 0.15) is 20.8 Å². The van der Waals surface area contributed by atoms with E-state index in [4.69, 9.17) is 14.9 Å². The Hall–Kier alpha value is -1.37. The quantitative estimate of drug-likeness (QED) is 0.801. The highest BCUT2D eigenvalue weighted by molar-refractivity contribution is 6.74. The van der Waals surface area contributed by atoms with E-state index >= 15 is 0 Å². The summed E-state index contributed by atoms with van der Waals surface area (Å²) in [4.78, 5) is 7.30. The van der Waals surface area contributed by atoms with Gasteiger partial charge in [-0.05, 0) is 30.3 Å². The predicted molar refractivity (Wildman–Crippen MR) is 92.7 cm³/mol. The summed E-state index contributed by atoms with van der Waals surface area (Å²) in [6.07, 6.45) is 1.59. The molecular formula is C16H27N3O2Si. The average molecular weight is 321 g/mol. The minimum atomic E-state index is -1.84. The summed E-state index contributed by atoms with van der Waals surface area (Å²) >= 11 is 0. The molecule has 0 radical (unpaired) electrons. The Labute approximate surface area is 133 Å². The highest BCUT2D eigenvalue weighted by atomic mass is 28.4.